The molecule has 2 rings (SSSR count). The van der Waals surface area contributed by atoms with Crippen molar-refractivity contribution in [2.75, 3.05) is 6.54 Å². The van der Waals surface area contributed by atoms with Crippen molar-refractivity contribution in [3.63, 3.8) is 0 Å². The second-order valence-electron chi connectivity index (χ2n) is 5.76. The molecule has 0 heterocycles. The molecule has 1 fully saturated rings. The van der Waals surface area contributed by atoms with Gasteiger partial charge < -0.3 is 11.1 Å². The Kier molecular flexibility index (Phi) is 4.59. The Morgan fingerprint density at radius 1 is 1.32 bits per heavy atom. The molecule has 1 amide bonds. The van der Waals surface area contributed by atoms with Crippen molar-refractivity contribution in [2.24, 2.45) is 11.1 Å². The van der Waals surface area contributed by atoms with Crippen LogP contribution in [-0.4, -0.2) is 18.5 Å². The molecule has 1 atom stereocenters. The molecule has 0 bridgehead atoms. The predicted octanol–water partition coefficient (Wildman–Crippen LogP) is 2.25. The van der Waals surface area contributed by atoms with Gasteiger partial charge in [-0.3, -0.25) is 4.79 Å². The molecule has 0 aliphatic heterocycles. The fourth-order valence-corrected chi connectivity index (χ4v) is 2.97. The van der Waals surface area contributed by atoms with E-state index in [0.717, 1.165) is 32.1 Å². The SMILES string of the molecule is CC(Cc1ccccc1)NC(=O)C1(CN)CCCC1. The molecule has 1 unspecified atom stereocenters. The molecule has 1 aromatic carbocycles. The van der Waals surface area contributed by atoms with Crippen molar-refractivity contribution >= 4 is 5.91 Å². The van der Waals surface area contributed by atoms with Crippen molar-refractivity contribution in [2.45, 2.75) is 45.1 Å². The first-order chi connectivity index (χ1) is 9.16. The standard InChI is InChI=1S/C16H24N2O/c1-13(11-14-7-3-2-4-8-14)18-15(19)16(12-17)9-5-6-10-16/h2-4,7-8,13H,5-6,9-12,17H2,1H3,(H,18,19). The monoisotopic (exact) mass is 260 g/mol. The van der Waals surface area contributed by atoms with Crippen molar-refractivity contribution in [1.82, 2.24) is 5.32 Å². The first-order valence-electron chi connectivity index (χ1n) is 7.21. The van der Waals surface area contributed by atoms with Crippen LogP contribution in [0.25, 0.3) is 0 Å². The summed E-state index contributed by atoms with van der Waals surface area (Å²) in [7, 11) is 0. The van der Waals surface area contributed by atoms with Crippen LogP contribution in [-0.2, 0) is 11.2 Å². The molecule has 0 saturated heterocycles. The zero-order valence-corrected chi connectivity index (χ0v) is 11.7. The van der Waals surface area contributed by atoms with Crippen LogP contribution in [0, 0.1) is 5.41 Å². The number of hydrogen-bond donors (Lipinski definition) is 2. The highest BCUT2D eigenvalue weighted by Gasteiger charge is 2.40. The molecular formula is C16H24N2O. The van der Waals surface area contributed by atoms with Gasteiger partial charge in [0.1, 0.15) is 0 Å². The van der Waals surface area contributed by atoms with E-state index in [9.17, 15) is 4.79 Å². The van der Waals surface area contributed by atoms with Crippen LogP contribution in [0.1, 0.15) is 38.2 Å². The van der Waals surface area contributed by atoms with Gasteiger partial charge in [0.2, 0.25) is 5.91 Å². The predicted molar refractivity (Wildman–Crippen MR) is 77.7 cm³/mol. The first kappa shape index (κ1) is 14.1. The second kappa shape index (κ2) is 6.20. The largest absolute Gasteiger partial charge is 0.353 e. The number of amides is 1. The zero-order valence-electron chi connectivity index (χ0n) is 11.7. The van der Waals surface area contributed by atoms with Crippen LogP contribution >= 0.6 is 0 Å². The highest BCUT2D eigenvalue weighted by Crippen LogP contribution is 2.37. The lowest BCUT2D eigenvalue weighted by Gasteiger charge is -2.28. The third-order valence-corrected chi connectivity index (χ3v) is 4.20. The molecule has 1 aromatic rings. The smallest absolute Gasteiger partial charge is 0.227 e. The summed E-state index contributed by atoms with van der Waals surface area (Å²) in [5, 5.41) is 3.14. The molecule has 0 aromatic heterocycles. The molecule has 0 spiro atoms. The average Bonchev–Trinajstić information content (AvgIpc) is 2.89. The zero-order chi connectivity index (χ0) is 13.7. The van der Waals surface area contributed by atoms with E-state index in [1.54, 1.807) is 0 Å². The number of carbonyl (C=O) groups is 1. The highest BCUT2D eigenvalue weighted by atomic mass is 16.2. The van der Waals surface area contributed by atoms with Gasteiger partial charge in [-0.15, -0.1) is 0 Å². The van der Waals surface area contributed by atoms with Crippen LogP contribution in [0.15, 0.2) is 30.3 Å². The van der Waals surface area contributed by atoms with Gasteiger partial charge in [0.25, 0.3) is 0 Å². The van der Waals surface area contributed by atoms with E-state index < -0.39 is 0 Å². The summed E-state index contributed by atoms with van der Waals surface area (Å²) in [4.78, 5) is 12.4. The Labute approximate surface area is 115 Å². The summed E-state index contributed by atoms with van der Waals surface area (Å²) in [6.07, 6.45) is 4.99. The lowest BCUT2D eigenvalue weighted by molar-refractivity contribution is -0.130. The van der Waals surface area contributed by atoms with Crippen molar-refractivity contribution in [3.05, 3.63) is 35.9 Å². The number of hydrogen-bond acceptors (Lipinski definition) is 2. The molecular weight excluding hydrogens is 236 g/mol. The van der Waals surface area contributed by atoms with Gasteiger partial charge >= 0.3 is 0 Å². The van der Waals surface area contributed by atoms with E-state index in [4.69, 9.17) is 5.73 Å². The van der Waals surface area contributed by atoms with Crippen LogP contribution in [0.5, 0.6) is 0 Å². The van der Waals surface area contributed by atoms with Gasteiger partial charge in [-0.05, 0) is 31.7 Å². The Balaban J connectivity index is 1.91. The molecule has 3 N–H and O–H groups in total. The number of nitrogens with two attached hydrogens (primary N) is 1. The number of benzene rings is 1. The molecule has 104 valence electrons. The number of nitrogens with one attached hydrogen (secondary N) is 1. The van der Waals surface area contributed by atoms with Crippen molar-refractivity contribution < 1.29 is 4.79 Å². The van der Waals surface area contributed by atoms with Gasteiger partial charge in [-0.1, -0.05) is 43.2 Å². The van der Waals surface area contributed by atoms with Gasteiger partial charge in [-0.2, -0.15) is 0 Å². The lowest BCUT2D eigenvalue weighted by Crippen LogP contribution is -2.47. The minimum Gasteiger partial charge on any atom is -0.353 e. The minimum atomic E-state index is -0.301. The van der Waals surface area contributed by atoms with E-state index >= 15 is 0 Å². The van der Waals surface area contributed by atoms with E-state index in [1.807, 2.05) is 18.2 Å². The third-order valence-electron chi connectivity index (χ3n) is 4.20. The topological polar surface area (TPSA) is 55.1 Å². The van der Waals surface area contributed by atoms with E-state index in [0.29, 0.717) is 6.54 Å². The van der Waals surface area contributed by atoms with Crippen molar-refractivity contribution in [3.8, 4) is 0 Å². The molecule has 3 nitrogen and oxygen atoms in total. The highest BCUT2D eigenvalue weighted by molar-refractivity contribution is 5.83. The maximum Gasteiger partial charge on any atom is 0.227 e. The van der Waals surface area contributed by atoms with Gasteiger partial charge in [0.05, 0.1) is 5.41 Å². The molecule has 1 aliphatic carbocycles. The summed E-state index contributed by atoms with van der Waals surface area (Å²) in [6, 6.07) is 10.4. The molecule has 0 radical (unpaired) electrons. The summed E-state index contributed by atoms with van der Waals surface area (Å²) in [6.45, 7) is 2.53. The third kappa shape index (κ3) is 3.35. The molecule has 1 aliphatic rings. The van der Waals surface area contributed by atoms with E-state index in [1.165, 1.54) is 5.56 Å². The van der Waals surface area contributed by atoms with Crippen LogP contribution in [0.2, 0.25) is 0 Å². The molecule has 1 saturated carbocycles. The summed E-state index contributed by atoms with van der Waals surface area (Å²) < 4.78 is 0. The summed E-state index contributed by atoms with van der Waals surface area (Å²) >= 11 is 0. The lowest BCUT2D eigenvalue weighted by atomic mass is 9.85. The van der Waals surface area contributed by atoms with E-state index in [-0.39, 0.29) is 17.4 Å². The summed E-state index contributed by atoms with van der Waals surface area (Å²) in [5.41, 5.74) is 6.79. The number of rotatable bonds is 5. The quantitative estimate of drug-likeness (QED) is 0.853. The van der Waals surface area contributed by atoms with Gasteiger partial charge in [0.15, 0.2) is 0 Å². The first-order valence-corrected chi connectivity index (χ1v) is 7.21. The Morgan fingerprint density at radius 2 is 1.95 bits per heavy atom. The van der Waals surface area contributed by atoms with Crippen LogP contribution in [0.3, 0.4) is 0 Å². The minimum absolute atomic E-state index is 0.149. The Bertz CT molecular complexity index is 410. The fourth-order valence-electron chi connectivity index (χ4n) is 2.97. The normalized spacial score (nSPS) is 19.1. The Hall–Kier alpha value is -1.35. The van der Waals surface area contributed by atoms with Crippen LogP contribution < -0.4 is 11.1 Å². The van der Waals surface area contributed by atoms with Gasteiger partial charge in [0, 0.05) is 12.6 Å². The van der Waals surface area contributed by atoms with Gasteiger partial charge in [-0.25, -0.2) is 0 Å². The molecule has 19 heavy (non-hydrogen) atoms. The van der Waals surface area contributed by atoms with Crippen molar-refractivity contribution in [1.29, 1.82) is 0 Å². The maximum atomic E-state index is 12.4. The maximum absolute atomic E-state index is 12.4. The Morgan fingerprint density at radius 3 is 2.53 bits per heavy atom. The molecule has 3 heteroatoms. The number of carbonyl (C=O) groups excluding carboxylic acids is 1. The average molecular weight is 260 g/mol. The second-order valence-corrected chi connectivity index (χ2v) is 5.76. The summed E-state index contributed by atoms with van der Waals surface area (Å²) in [5.74, 6) is 0.149. The van der Waals surface area contributed by atoms with E-state index in [2.05, 4.69) is 24.4 Å². The fraction of sp³-hybridized carbons (Fsp3) is 0.562. The van der Waals surface area contributed by atoms with Crippen LogP contribution in [0.4, 0.5) is 0 Å².